The SMILES string of the molecule is Cc1cn(C2CCCCC2)nc1Br. The lowest BCUT2D eigenvalue weighted by Crippen LogP contribution is -2.13. The van der Waals surface area contributed by atoms with E-state index in [0.29, 0.717) is 6.04 Å². The summed E-state index contributed by atoms with van der Waals surface area (Å²) in [6.07, 6.45) is 8.88. The summed E-state index contributed by atoms with van der Waals surface area (Å²) in [5.41, 5.74) is 1.24. The van der Waals surface area contributed by atoms with Crippen molar-refractivity contribution >= 4 is 15.9 Å². The summed E-state index contributed by atoms with van der Waals surface area (Å²) in [7, 11) is 0. The number of aromatic nitrogens is 2. The first kappa shape index (κ1) is 9.25. The zero-order valence-corrected chi connectivity index (χ0v) is 9.55. The van der Waals surface area contributed by atoms with Crippen LogP contribution in [0.4, 0.5) is 0 Å². The first-order valence-corrected chi connectivity index (χ1v) is 5.78. The molecule has 0 aromatic carbocycles. The maximum atomic E-state index is 4.47. The Morgan fingerprint density at radius 2 is 2.08 bits per heavy atom. The molecule has 0 saturated heterocycles. The molecule has 3 heteroatoms. The van der Waals surface area contributed by atoms with E-state index in [1.54, 1.807) is 0 Å². The van der Waals surface area contributed by atoms with Gasteiger partial charge in [0.1, 0.15) is 4.60 Å². The van der Waals surface area contributed by atoms with Gasteiger partial charge in [-0.2, -0.15) is 5.10 Å². The number of aryl methyl sites for hydroxylation is 1. The molecule has 0 N–H and O–H groups in total. The van der Waals surface area contributed by atoms with Crippen molar-refractivity contribution in [1.82, 2.24) is 9.78 Å². The van der Waals surface area contributed by atoms with E-state index in [-0.39, 0.29) is 0 Å². The van der Waals surface area contributed by atoms with Crippen LogP contribution in [0.5, 0.6) is 0 Å². The van der Waals surface area contributed by atoms with Crippen LogP contribution in [-0.2, 0) is 0 Å². The van der Waals surface area contributed by atoms with Gasteiger partial charge < -0.3 is 0 Å². The smallest absolute Gasteiger partial charge is 0.131 e. The monoisotopic (exact) mass is 242 g/mol. The molecule has 1 aromatic rings. The standard InChI is InChI=1S/C10H15BrN2/c1-8-7-13(12-10(8)11)9-5-3-2-4-6-9/h7,9H,2-6H2,1H3. The van der Waals surface area contributed by atoms with Crippen LogP contribution in [0.2, 0.25) is 0 Å². The van der Waals surface area contributed by atoms with Crippen LogP contribution >= 0.6 is 15.9 Å². The summed E-state index contributed by atoms with van der Waals surface area (Å²) >= 11 is 3.45. The minimum absolute atomic E-state index is 0.652. The Morgan fingerprint density at radius 3 is 2.62 bits per heavy atom. The van der Waals surface area contributed by atoms with E-state index in [2.05, 4.69) is 38.8 Å². The minimum Gasteiger partial charge on any atom is -0.268 e. The van der Waals surface area contributed by atoms with Gasteiger partial charge in [0.05, 0.1) is 6.04 Å². The number of hydrogen-bond donors (Lipinski definition) is 0. The lowest BCUT2D eigenvalue weighted by atomic mass is 9.96. The van der Waals surface area contributed by atoms with E-state index >= 15 is 0 Å². The topological polar surface area (TPSA) is 17.8 Å². The molecule has 1 aliphatic carbocycles. The molecular formula is C10H15BrN2. The first-order valence-electron chi connectivity index (χ1n) is 4.98. The van der Waals surface area contributed by atoms with Crippen molar-refractivity contribution in [3.05, 3.63) is 16.4 Å². The Balaban J connectivity index is 2.14. The lowest BCUT2D eigenvalue weighted by Gasteiger charge is -2.21. The summed E-state index contributed by atoms with van der Waals surface area (Å²) in [6.45, 7) is 2.09. The quantitative estimate of drug-likeness (QED) is 0.738. The molecule has 1 heterocycles. The molecule has 0 spiro atoms. The van der Waals surface area contributed by atoms with Crippen molar-refractivity contribution in [2.24, 2.45) is 0 Å². The molecule has 72 valence electrons. The van der Waals surface area contributed by atoms with Crippen molar-refractivity contribution in [2.45, 2.75) is 45.1 Å². The highest BCUT2D eigenvalue weighted by atomic mass is 79.9. The molecule has 0 amide bonds. The van der Waals surface area contributed by atoms with E-state index in [1.165, 1.54) is 37.7 Å². The average molecular weight is 243 g/mol. The molecule has 1 aliphatic rings. The van der Waals surface area contributed by atoms with Gasteiger partial charge in [-0.25, -0.2) is 0 Å². The van der Waals surface area contributed by atoms with Gasteiger partial charge >= 0.3 is 0 Å². The second-order valence-corrected chi connectivity index (χ2v) is 4.63. The number of hydrogen-bond acceptors (Lipinski definition) is 1. The summed E-state index contributed by atoms with van der Waals surface area (Å²) < 4.78 is 3.14. The zero-order chi connectivity index (χ0) is 9.26. The third kappa shape index (κ3) is 1.96. The summed E-state index contributed by atoms with van der Waals surface area (Å²) in [5, 5.41) is 4.47. The number of nitrogens with zero attached hydrogens (tertiary/aromatic N) is 2. The molecule has 2 nitrogen and oxygen atoms in total. The minimum atomic E-state index is 0.652. The molecular weight excluding hydrogens is 228 g/mol. The normalized spacial score (nSPS) is 19.2. The fourth-order valence-electron chi connectivity index (χ4n) is 1.99. The molecule has 0 aliphatic heterocycles. The van der Waals surface area contributed by atoms with Gasteiger partial charge in [-0.05, 0) is 35.7 Å². The van der Waals surface area contributed by atoms with Crippen LogP contribution in [0.3, 0.4) is 0 Å². The molecule has 1 fully saturated rings. The summed E-state index contributed by atoms with van der Waals surface area (Å²) in [5.74, 6) is 0. The predicted molar refractivity (Wildman–Crippen MR) is 56.8 cm³/mol. The average Bonchev–Trinajstić information content (AvgIpc) is 2.49. The number of rotatable bonds is 1. The van der Waals surface area contributed by atoms with Crippen LogP contribution in [0.25, 0.3) is 0 Å². The van der Waals surface area contributed by atoms with Crippen molar-refractivity contribution in [3.63, 3.8) is 0 Å². The molecule has 0 bridgehead atoms. The highest BCUT2D eigenvalue weighted by Crippen LogP contribution is 2.28. The fourth-order valence-corrected chi connectivity index (χ4v) is 2.28. The third-order valence-electron chi connectivity index (χ3n) is 2.80. The largest absolute Gasteiger partial charge is 0.268 e. The van der Waals surface area contributed by atoms with Crippen LogP contribution < -0.4 is 0 Å². The molecule has 0 atom stereocenters. The Morgan fingerprint density at radius 1 is 1.38 bits per heavy atom. The van der Waals surface area contributed by atoms with Gasteiger partial charge in [0.25, 0.3) is 0 Å². The van der Waals surface area contributed by atoms with E-state index in [9.17, 15) is 0 Å². The van der Waals surface area contributed by atoms with Gasteiger partial charge in [-0.3, -0.25) is 4.68 Å². The Hall–Kier alpha value is -0.310. The van der Waals surface area contributed by atoms with Crippen molar-refractivity contribution in [3.8, 4) is 0 Å². The van der Waals surface area contributed by atoms with Gasteiger partial charge in [0.15, 0.2) is 0 Å². The van der Waals surface area contributed by atoms with Gasteiger partial charge in [0.2, 0.25) is 0 Å². The van der Waals surface area contributed by atoms with Gasteiger partial charge in [-0.15, -0.1) is 0 Å². The van der Waals surface area contributed by atoms with Gasteiger partial charge in [0, 0.05) is 11.8 Å². The second kappa shape index (κ2) is 3.82. The van der Waals surface area contributed by atoms with Crippen LogP contribution in [0.15, 0.2) is 10.8 Å². The molecule has 1 saturated carbocycles. The summed E-state index contributed by atoms with van der Waals surface area (Å²) in [4.78, 5) is 0. The lowest BCUT2D eigenvalue weighted by molar-refractivity contribution is 0.328. The van der Waals surface area contributed by atoms with Crippen LogP contribution in [0.1, 0.15) is 43.7 Å². The molecule has 0 unspecified atom stereocenters. The van der Waals surface area contributed by atoms with E-state index in [0.717, 1.165) is 4.60 Å². The Kier molecular flexibility index (Phi) is 2.72. The van der Waals surface area contributed by atoms with Crippen molar-refractivity contribution in [1.29, 1.82) is 0 Å². The van der Waals surface area contributed by atoms with E-state index in [1.807, 2.05) is 0 Å². The fraction of sp³-hybridized carbons (Fsp3) is 0.700. The highest BCUT2D eigenvalue weighted by molar-refractivity contribution is 9.10. The Bertz CT molecular complexity index is 268. The second-order valence-electron chi connectivity index (χ2n) is 3.87. The maximum Gasteiger partial charge on any atom is 0.131 e. The molecule has 13 heavy (non-hydrogen) atoms. The van der Waals surface area contributed by atoms with Crippen molar-refractivity contribution < 1.29 is 0 Å². The van der Waals surface area contributed by atoms with Crippen LogP contribution in [0, 0.1) is 6.92 Å². The van der Waals surface area contributed by atoms with E-state index < -0.39 is 0 Å². The molecule has 1 aromatic heterocycles. The summed E-state index contributed by atoms with van der Waals surface area (Å²) in [6, 6.07) is 0.652. The highest BCUT2D eigenvalue weighted by Gasteiger charge is 2.16. The van der Waals surface area contributed by atoms with Gasteiger partial charge in [-0.1, -0.05) is 19.3 Å². The zero-order valence-electron chi connectivity index (χ0n) is 7.96. The maximum absolute atomic E-state index is 4.47. The third-order valence-corrected chi connectivity index (χ3v) is 3.59. The number of halogens is 1. The molecule has 0 radical (unpaired) electrons. The van der Waals surface area contributed by atoms with Crippen LogP contribution in [-0.4, -0.2) is 9.78 Å². The predicted octanol–water partition coefficient (Wildman–Crippen LogP) is 3.46. The molecule has 2 rings (SSSR count). The van der Waals surface area contributed by atoms with E-state index in [4.69, 9.17) is 0 Å². The first-order chi connectivity index (χ1) is 6.27. The van der Waals surface area contributed by atoms with Crippen molar-refractivity contribution in [2.75, 3.05) is 0 Å². The Labute approximate surface area is 87.5 Å².